The number of nitrogens with one attached hydrogen (secondary N) is 1. The molecule has 1 unspecified atom stereocenters. The molecule has 2 amide bonds. The average Bonchev–Trinajstić information content (AvgIpc) is 3.11. The van der Waals surface area contributed by atoms with E-state index in [1.165, 1.54) is 12.1 Å². The summed E-state index contributed by atoms with van der Waals surface area (Å²) in [4.78, 5) is 29.1. The largest absolute Gasteiger partial charge is 0.394 e. The molecule has 7 heteroatoms. The lowest BCUT2D eigenvalue weighted by Crippen LogP contribution is -2.59. The fraction of sp³-hybridized carbons (Fsp3) is 0.619. The van der Waals surface area contributed by atoms with Crippen LogP contribution in [-0.2, 0) is 16.0 Å². The molecule has 2 heterocycles. The molecular weight excluding hydrogens is 361 g/mol. The van der Waals surface area contributed by atoms with Gasteiger partial charge >= 0.3 is 0 Å². The Morgan fingerprint density at radius 2 is 2.14 bits per heavy atom. The van der Waals surface area contributed by atoms with Crippen LogP contribution in [-0.4, -0.2) is 71.6 Å². The van der Waals surface area contributed by atoms with E-state index in [4.69, 9.17) is 0 Å². The molecule has 0 radical (unpaired) electrons. The van der Waals surface area contributed by atoms with Gasteiger partial charge in [0.1, 0.15) is 5.82 Å². The van der Waals surface area contributed by atoms with Crippen molar-refractivity contribution in [2.24, 2.45) is 0 Å². The summed E-state index contributed by atoms with van der Waals surface area (Å²) < 4.78 is 13.3. The minimum absolute atomic E-state index is 0.0383. The van der Waals surface area contributed by atoms with Crippen molar-refractivity contribution in [3.05, 3.63) is 35.6 Å². The van der Waals surface area contributed by atoms with Gasteiger partial charge in [0.25, 0.3) is 0 Å². The maximum atomic E-state index is 13.3. The van der Waals surface area contributed by atoms with Gasteiger partial charge in [-0.25, -0.2) is 4.39 Å². The zero-order chi connectivity index (χ0) is 20.1. The number of amides is 2. The molecule has 3 rings (SSSR count). The molecule has 2 N–H and O–H groups in total. The Morgan fingerprint density at radius 3 is 2.86 bits per heavy atom. The highest BCUT2D eigenvalue weighted by molar-refractivity contribution is 5.83. The van der Waals surface area contributed by atoms with Crippen LogP contribution in [0.1, 0.15) is 37.7 Å². The number of carbonyl (C=O) groups is 2. The van der Waals surface area contributed by atoms with Gasteiger partial charge in [0.15, 0.2) is 0 Å². The van der Waals surface area contributed by atoms with Gasteiger partial charge in [-0.2, -0.15) is 0 Å². The van der Waals surface area contributed by atoms with Crippen molar-refractivity contribution in [2.75, 3.05) is 33.3 Å². The third-order valence-electron chi connectivity index (χ3n) is 5.99. The van der Waals surface area contributed by atoms with Crippen molar-refractivity contribution in [3.63, 3.8) is 0 Å². The Kier molecular flexibility index (Phi) is 6.67. The molecule has 0 spiro atoms. The number of hydrogen-bond acceptors (Lipinski definition) is 4. The zero-order valence-electron chi connectivity index (χ0n) is 16.5. The molecule has 0 aromatic heterocycles. The van der Waals surface area contributed by atoms with Gasteiger partial charge < -0.3 is 15.3 Å². The van der Waals surface area contributed by atoms with Crippen molar-refractivity contribution in [3.8, 4) is 0 Å². The quantitative estimate of drug-likeness (QED) is 0.767. The van der Waals surface area contributed by atoms with Crippen LogP contribution in [0.2, 0.25) is 0 Å². The highest BCUT2D eigenvalue weighted by atomic mass is 19.1. The Bertz CT molecular complexity index is 714. The van der Waals surface area contributed by atoms with E-state index >= 15 is 0 Å². The summed E-state index contributed by atoms with van der Waals surface area (Å²) in [6, 6.07) is 6.10. The lowest BCUT2D eigenvalue weighted by atomic mass is 9.96. The summed E-state index contributed by atoms with van der Waals surface area (Å²) in [5.41, 5.74) is 0.0127. The smallest absolute Gasteiger partial charge is 0.237 e. The molecule has 6 nitrogen and oxygen atoms in total. The second kappa shape index (κ2) is 9.01. The van der Waals surface area contributed by atoms with E-state index in [0.29, 0.717) is 25.9 Å². The molecule has 2 atom stereocenters. The number of aryl methyl sites for hydroxylation is 1. The van der Waals surface area contributed by atoms with Crippen molar-refractivity contribution >= 4 is 11.8 Å². The minimum atomic E-state index is -0.774. The first-order valence-corrected chi connectivity index (χ1v) is 10.1. The number of rotatable bonds is 6. The number of aliphatic hydroxyl groups excluding tert-OH is 1. The van der Waals surface area contributed by atoms with Gasteiger partial charge in [-0.3, -0.25) is 14.5 Å². The molecule has 0 aliphatic carbocycles. The number of carbonyl (C=O) groups excluding carboxylic acids is 2. The van der Waals surface area contributed by atoms with Crippen LogP contribution in [0.25, 0.3) is 0 Å². The maximum Gasteiger partial charge on any atom is 0.237 e. The number of likely N-dealkylation sites (tertiary alicyclic amines) is 2. The molecule has 2 aliphatic heterocycles. The van der Waals surface area contributed by atoms with Crippen LogP contribution < -0.4 is 5.32 Å². The maximum absolute atomic E-state index is 13.3. The molecule has 1 aromatic carbocycles. The van der Waals surface area contributed by atoms with Crippen LogP contribution in [0.15, 0.2) is 24.3 Å². The summed E-state index contributed by atoms with van der Waals surface area (Å²) in [6.45, 7) is 1.52. The van der Waals surface area contributed by atoms with Crippen LogP contribution in [0.5, 0.6) is 0 Å². The molecule has 28 heavy (non-hydrogen) atoms. The molecule has 1 aromatic rings. The zero-order valence-corrected chi connectivity index (χ0v) is 16.5. The van der Waals surface area contributed by atoms with Crippen molar-refractivity contribution in [1.29, 1.82) is 0 Å². The van der Waals surface area contributed by atoms with Crippen molar-refractivity contribution in [2.45, 2.75) is 50.1 Å². The summed E-state index contributed by atoms with van der Waals surface area (Å²) >= 11 is 0. The highest BCUT2D eigenvalue weighted by Crippen LogP contribution is 2.24. The summed E-state index contributed by atoms with van der Waals surface area (Å²) in [5, 5.41) is 13.0. The van der Waals surface area contributed by atoms with Gasteiger partial charge in [-0.15, -0.1) is 0 Å². The average molecular weight is 391 g/mol. The summed E-state index contributed by atoms with van der Waals surface area (Å²) in [7, 11) is 1.95. The molecule has 2 fully saturated rings. The minimum Gasteiger partial charge on any atom is -0.394 e. The molecule has 0 saturated carbocycles. The lowest BCUT2D eigenvalue weighted by molar-refractivity contribution is -0.132. The normalized spacial score (nSPS) is 25.7. The van der Waals surface area contributed by atoms with Gasteiger partial charge in [0, 0.05) is 19.5 Å². The number of halogens is 1. The lowest BCUT2D eigenvalue weighted by Gasteiger charge is -2.35. The number of benzene rings is 1. The second-order valence-electron chi connectivity index (χ2n) is 8.12. The number of nitrogens with zero attached hydrogens (tertiary/aromatic N) is 2. The first kappa shape index (κ1) is 20.7. The first-order valence-electron chi connectivity index (χ1n) is 10.1. The Morgan fingerprint density at radius 1 is 1.32 bits per heavy atom. The van der Waals surface area contributed by atoms with Crippen molar-refractivity contribution in [1.82, 2.24) is 15.1 Å². The Labute approximate surface area is 165 Å². The van der Waals surface area contributed by atoms with Gasteiger partial charge in [-0.05, 0) is 57.0 Å². The number of hydrogen-bond donors (Lipinski definition) is 2. The summed E-state index contributed by atoms with van der Waals surface area (Å²) in [5.74, 6) is -0.408. The van der Waals surface area contributed by atoms with E-state index in [2.05, 4.69) is 10.2 Å². The highest BCUT2D eigenvalue weighted by Gasteiger charge is 2.42. The molecule has 2 saturated heterocycles. The third-order valence-corrected chi connectivity index (χ3v) is 5.99. The van der Waals surface area contributed by atoms with Gasteiger partial charge in [0.05, 0.1) is 18.2 Å². The Hall–Kier alpha value is -1.99. The fourth-order valence-electron chi connectivity index (χ4n) is 4.21. The van der Waals surface area contributed by atoms with Crippen LogP contribution in [0.3, 0.4) is 0 Å². The topological polar surface area (TPSA) is 72.9 Å². The second-order valence-corrected chi connectivity index (χ2v) is 8.12. The van der Waals surface area contributed by atoms with E-state index in [1.807, 2.05) is 7.05 Å². The van der Waals surface area contributed by atoms with E-state index in [-0.39, 0.29) is 36.7 Å². The molecule has 154 valence electrons. The third kappa shape index (κ3) is 4.89. The van der Waals surface area contributed by atoms with E-state index in [0.717, 1.165) is 31.4 Å². The number of piperidine rings is 1. The summed E-state index contributed by atoms with van der Waals surface area (Å²) in [6.07, 6.45) is 4.23. The molecule has 2 aliphatic rings. The van der Waals surface area contributed by atoms with E-state index < -0.39 is 5.54 Å². The van der Waals surface area contributed by atoms with Crippen LogP contribution in [0.4, 0.5) is 4.39 Å². The standard InChI is InChI=1S/C21H30FN3O3/c1-24-11-3-2-7-18(24)20(28)23-21(15-26)10-12-25(14-21)19(27)9-8-16-5-4-6-17(22)13-16/h4-6,13,18,26H,2-3,7-12,14-15H2,1H3,(H,23,28)/t18-,21?/m1/s1. The van der Waals surface area contributed by atoms with Gasteiger partial charge in [-0.1, -0.05) is 18.6 Å². The predicted molar refractivity (Wildman–Crippen MR) is 104 cm³/mol. The van der Waals surface area contributed by atoms with Crippen LogP contribution >= 0.6 is 0 Å². The monoisotopic (exact) mass is 391 g/mol. The Balaban J connectivity index is 1.55. The number of likely N-dealkylation sites (N-methyl/N-ethyl adjacent to an activating group) is 1. The first-order chi connectivity index (χ1) is 13.4. The van der Waals surface area contributed by atoms with Crippen molar-refractivity contribution < 1.29 is 19.1 Å². The van der Waals surface area contributed by atoms with E-state index in [9.17, 15) is 19.1 Å². The molecular formula is C21H30FN3O3. The van der Waals surface area contributed by atoms with Gasteiger partial charge in [0.2, 0.25) is 11.8 Å². The van der Waals surface area contributed by atoms with Crippen LogP contribution in [0, 0.1) is 5.82 Å². The number of aliphatic hydroxyl groups is 1. The SMILES string of the molecule is CN1CCCC[C@@H]1C(=O)NC1(CO)CCN(C(=O)CCc2cccc(F)c2)C1. The fourth-order valence-corrected chi connectivity index (χ4v) is 4.21. The van der Waals surface area contributed by atoms with E-state index in [1.54, 1.807) is 17.0 Å². The predicted octanol–water partition coefficient (Wildman–Crippen LogP) is 1.32. The molecule has 0 bridgehead atoms.